The van der Waals surface area contributed by atoms with Gasteiger partial charge in [-0.15, -0.1) is 0 Å². The number of rotatable bonds is 5. The molecular weight excluding hydrogens is 443 g/mol. The molecule has 2 fully saturated rings. The van der Waals surface area contributed by atoms with E-state index in [0.29, 0.717) is 11.1 Å². The molecule has 4 rings (SSSR count). The van der Waals surface area contributed by atoms with E-state index in [0.717, 1.165) is 24.3 Å². The molecular formula is C23H22F3NO6. The van der Waals surface area contributed by atoms with E-state index in [1.807, 2.05) is 0 Å². The number of alkyl halides is 3. The zero-order valence-corrected chi connectivity index (χ0v) is 17.4. The van der Waals surface area contributed by atoms with Crippen molar-refractivity contribution >= 4 is 11.9 Å². The fourth-order valence-corrected chi connectivity index (χ4v) is 3.96. The first kappa shape index (κ1) is 23.1. The molecule has 0 aliphatic carbocycles. The zero-order chi connectivity index (χ0) is 23.8. The Morgan fingerprint density at radius 2 is 1.70 bits per heavy atom. The van der Waals surface area contributed by atoms with Crippen LogP contribution in [-0.2, 0) is 21.3 Å². The number of carbonyl (C=O) groups excluding carboxylic acids is 1. The Kier molecular flexibility index (Phi) is 6.06. The highest BCUT2D eigenvalue weighted by Crippen LogP contribution is 2.32. The van der Waals surface area contributed by atoms with E-state index >= 15 is 0 Å². The minimum Gasteiger partial charge on any atom is -0.489 e. The molecule has 2 aromatic carbocycles. The third-order valence-electron chi connectivity index (χ3n) is 5.97. The number of halogens is 3. The van der Waals surface area contributed by atoms with Gasteiger partial charge in [-0.3, -0.25) is 9.59 Å². The lowest BCUT2D eigenvalue weighted by Crippen LogP contribution is -2.50. The van der Waals surface area contributed by atoms with E-state index in [9.17, 15) is 33.0 Å². The number of carboxylic acid groups (broad SMARTS) is 1. The lowest BCUT2D eigenvalue weighted by Gasteiger charge is -2.37. The van der Waals surface area contributed by atoms with Crippen molar-refractivity contribution in [2.45, 2.75) is 24.3 Å². The van der Waals surface area contributed by atoms with Gasteiger partial charge in [0.25, 0.3) is 5.91 Å². The Morgan fingerprint density at radius 1 is 1.06 bits per heavy atom. The van der Waals surface area contributed by atoms with Crippen molar-refractivity contribution in [1.82, 2.24) is 4.90 Å². The molecule has 0 radical (unpaired) electrons. The average molecular weight is 465 g/mol. The van der Waals surface area contributed by atoms with Gasteiger partial charge in [-0.25, -0.2) is 0 Å². The first-order valence-corrected chi connectivity index (χ1v) is 10.3. The molecule has 2 unspecified atom stereocenters. The lowest BCUT2D eigenvalue weighted by atomic mass is 9.91. The number of nitrogens with zero attached hydrogens (tertiary/aromatic N) is 1. The minimum absolute atomic E-state index is 0.0982. The van der Waals surface area contributed by atoms with E-state index < -0.39 is 35.3 Å². The number of benzene rings is 2. The summed E-state index contributed by atoms with van der Waals surface area (Å²) < 4.78 is 48.9. The number of amides is 1. The largest absolute Gasteiger partial charge is 0.489 e. The van der Waals surface area contributed by atoms with Crippen molar-refractivity contribution in [1.29, 1.82) is 0 Å². The molecule has 0 aromatic heterocycles. The summed E-state index contributed by atoms with van der Waals surface area (Å²) in [5.74, 6) is -2.42. The van der Waals surface area contributed by atoms with Crippen LogP contribution in [0.25, 0.3) is 0 Å². The van der Waals surface area contributed by atoms with Gasteiger partial charge in [-0.1, -0.05) is 12.1 Å². The molecule has 2 heterocycles. The Labute approximate surface area is 187 Å². The van der Waals surface area contributed by atoms with Crippen LogP contribution in [0.5, 0.6) is 5.75 Å². The van der Waals surface area contributed by atoms with Gasteiger partial charge >= 0.3 is 12.1 Å². The highest BCUT2D eigenvalue weighted by Gasteiger charge is 2.40. The predicted molar refractivity (Wildman–Crippen MR) is 109 cm³/mol. The number of likely N-dealkylation sites (tertiary alicyclic amines) is 1. The van der Waals surface area contributed by atoms with Gasteiger partial charge in [0, 0.05) is 25.1 Å². The molecule has 176 valence electrons. The van der Waals surface area contributed by atoms with Gasteiger partial charge in [-0.2, -0.15) is 13.2 Å². The summed E-state index contributed by atoms with van der Waals surface area (Å²) in [6.45, 7) is 0.506. The van der Waals surface area contributed by atoms with Gasteiger partial charge in [0.1, 0.15) is 23.4 Å². The highest BCUT2D eigenvalue weighted by molar-refractivity contribution is 5.94. The van der Waals surface area contributed by atoms with Crippen LogP contribution in [0.1, 0.15) is 27.9 Å². The first-order valence-electron chi connectivity index (χ1n) is 10.3. The third kappa shape index (κ3) is 4.81. The summed E-state index contributed by atoms with van der Waals surface area (Å²) in [6.07, 6.45) is -5.06. The second kappa shape index (κ2) is 8.68. The van der Waals surface area contributed by atoms with E-state index in [1.54, 1.807) is 24.3 Å². The zero-order valence-electron chi connectivity index (χ0n) is 17.4. The summed E-state index contributed by atoms with van der Waals surface area (Å²) in [7, 11) is 0. The van der Waals surface area contributed by atoms with Gasteiger partial charge in [0.15, 0.2) is 0 Å². The maximum atomic E-state index is 12.9. The number of hydrogen-bond acceptors (Lipinski definition) is 5. The minimum atomic E-state index is -4.48. The molecule has 7 nitrogen and oxygen atoms in total. The Hall–Kier alpha value is -3.11. The number of hydrogen-bond donors (Lipinski definition) is 2. The Balaban J connectivity index is 1.42. The number of ether oxygens (including phenoxy) is 2. The molecule has 0 saturated carbocycles. The molecule has 10 heteroatoms. The van der Waals surface area contributed by atoms with Crippen molar-refractivity contribution in [2.24, 2.45) is 5.92 Å². The van der Waals surface area contributed by atoms with E-state index in [-0.39, 0.29) is 44.4 Å². The molecule has 33 heavy (non-hydrogen) atoms. The van der Waals surface area contributed by atoms with Gasteiger partial charge in [0.05, 0.1) is 18.8 Å². The SMILES string of the molecule is O=C(O)C1CN(C(=O)c2ccc(C3(O)COC3)cc2)CCC1Oc1ccc(C(F)(F)F)cc1. The van der Waals surface area contributed by atoms with E-state index in [4.69, 9.17) is 9.47 Å². The molecule has 2 aliphatic rings. The fourth-order valence-electron chi connectivity index (χ4n) is 3.96. The van der Waals surface area contributed by atoms with Gasteiger partial charge in [-0.05, 0) is 42.0 Å². The van der Waals surface area contributed by atoms with Crippen LogP contribution in [0.4, 0.5) is 13.2 Å². The van der Waals surface area contributed by atoms with Crippen LogP contribution in [0.2, 0.25) is 0 Å². The normalized spacial score (nSPS) is 22.4. The number of carbonyl (C=O) groups is 2. The van der Waals surface area contributed by atoms with Crippen LogP contribution >= 0.6 is 0 Å². The topological polar surface area (TPSA) is 96.3 Å². The average Bonchev–Trinajstić information content (AvgIpc) is 2.77. The summed E-state index contributed by atoms with van der Waals surface area (Å²) in [5.41, 5.74) is -0.886. The van der Waals surface area contributed by atoms with E-state index in [2.05, 4.69) is 0 Å². The lowest BCUT2D eigenvalue weighted by molar-refractivity contribution is -0.184. The quantitative estimate of drug-likeness (QED) is 0.705. The van der Waals surface area contributed by atoms with Crippen LogP contribution in [0.3, 0.4) is 0 Å². The number of aliphatic hydroxyl groups is 1. The summed E-state index contributed by atoms with van der Waals surface area (Å²) in [5, 5.41) is 20.0. The standard InChI is InChI=1S/C23H22F3NO6/c24-23(25,26)16-5-7-17(8-6-16)33-19-9-10-27(11-18(19)21(29)30)20(28)14-1-3-15(4-2-14)22(31)12-32-13-22/h1-8,18-19,31H,9-13H2,(H,29,30). The maximum Gasteiger partial charge on any atom is 0.416 e. The fraction of sp³-hybridized carbons (Fsp3) is 0.391. The van der Waals surface area contributed by atoms with Crippen LogP contribution < -0.4 is 4.74 Å². The molecule has 2 aliphatic heterocycles. The Bertz CT molecular complexity index is 1020. The van der Waals surface area contributed by atoms with Crippen LogP contribution in [0.15, 0.2) is 48.5 Å². The van der Waals surface area contributed by atoms with Crippen LogP contribution in [-0.4, -0.2) is 59.4 Å². The monoisotopic (exact) mass is 465 g/mol. The van der Waals surface area contributed by atoms with Crippen LogP contribution in [0, 0.1) is 5.92 Å². The predicted octanol–water partition coefficient (Wildman–Crippen LogP) is 2.92. The first-order chi connectivity index (χ1) is 15.6. The van der Waals surface area contributed by atoms with Crippen molar-refractivity contribution in [3.8, 4) is 5.75 Å². The smallest absolute Gasteiger partial charge is 0.416 e. The molecule has 2 aromatic rings. The Morgan fingerprint density at radius 3 is 2.21 bits per heavy atom. The van der Waals surface area contributed by atoms with Gasteiger partial charge < -0.3 is 24.6 Å². The van der Waals surface area contributed by atoms with E-state index in [1.165, 1.54) is 4.90 Å². The number of piperidine rings is 1. The molecule has 2 N–H and O–H groups in total. The van der Waals surface area contributed by atoms with Crippen molar-refractivity contribution in [3.63, 3.8) is 0 Å². The molecule has 2 saturated heterocycles. The molecule has 0 spiro atoms. The highest BCUT2D eigenvalue weighted by atomic mass is 19.4. The molecule has 0 bridgehead atoms. The summed E-state index contributed by atoms with van der Waals surface area (Å²) in [6, 6.07) is 10.5. The number of carboxylic acids is 1. The summed E-state index contributed by atoms with van der Waals surface area (Å²) in [4.78, 5) is 26.2. The molecule has 2 atom stereocenters. The van der Waals surface area contributed by atoms with Crippen molar-refractivity contribution < 1.29 is 42.4 Å². The maximum absolute atomic E-state index is 12.9. The second-order valence-corrected chi connectivity index (χ2v) is 8.26. The van der Waals surface area contributed by atoms with Crippen molar-refractivity contribution in [2.75, 3.05) is 26.3 Å². The van der Waals surface area contributed by atoms with Crippen molar-refractivity contribution in [3.05, 3.63) is 65.2 Å². The number of aliphatic carboxylic acids is 1. The van der Waals surface area contributed by atoms with Gasteiger partial charge in [0.2, 0.25) is 0 Å². The second-order valence-electron chi connectivity index (χ2n) is 8.26. The summed E-state index contributed by atoms with van der Waals surface area (Å²) >= 11 is 0. The third-order valence-corrected chi connectivity index (χ3v) is 5.97. The molecule has 1 amide bonds.